The second-order valence-electron chi connectivity index (χ2n) is 9.18. The minimum absolute atomic E-state index is 0.00486. The zero-order valence-electron chi connectivity index (χ0n) is 17.9. The van der Waals surface area contributed by atoms with Crippen LogP contribution in [0, 0.1) is 18.8 Å². The largest absolute Gasteiger partial charge is 0.353 e. The Morgan fingerprint density at radius 3 is 2.27 bits per heavy atom. The molecule has 1 aliphatic carbocycles. The van der Waals surface area contributed by atoms with E-state index in [4.69, 9.17) is 0 Å². The summed E-state index contributed by atoms with van der Waals surface area (Å²) in [5.74, 6) is -0.0460. The molecule has 0 spiro atoms. The van der Waals surface area contributed by atoms with Gasteiger partial charge < -0.3 is 15.1 Å². The lowest BCUT2D eigenvalue weighted by Crippen LogP contribution is -2.47. The molecular weight excluding hydrogens is 378 g/mol. The van der Waals surface area contributed by atoms with Crippen LogP contribution in [0.15, 0.2) is 24.3 Å². The molecule has 1 aromatic rings. The second kappa shape index (κ2) is 9.19. The molecule has 30 heavy (non-hydrogen) atoms. The highest BCUT2D eigenvalue weighted by Crippen LogP contribution is 2.28. The Balaban J connectivity index is 1.27. The number of likely N-dealkylation sites (tertiary alicyclic amines) is 1. The zero-order valence-corrected chi connectivity index (χ0v) is 17.9. The number of nitrogens with zero attached hydrogens (tertiary/aromatic N) is 2. The van der Waals surface area contributed by atoms with Crippen LogP contribution in [-0.2, 0) is 14.4 Å². The zero-order chi connectivity index (χ0) is 21.1. The van der Waals surface area contributed by atoms with Crippen molar-refractivity contribution in [3.8, 4) is 0 Å². The van der Waals surface area contributed by atoms with Gasteiger partial charge in [0, 0.05) is 43.7 Å². The average molecular weight is 412 g/mol. The van der Waals surface area contributed by atoms with Gasteiger partial charge in [0.05, 0.1) is 5.92 Å². The van der Waals surface area contributed by atoms with E-state index in [2.05, 4.69) is 5.32 Å². The van der Waals surface area contributed by atoms with Gasteiger partial charge >= 0.3 is 0 Å². The van der Waals surface area contributed by atoms with Gasteiger partial charge in [0.25, 0.3) is 0 Å². The Hall–Kier alpha value is -2.37. The van der Waals surface area contributed by atoms with Crippen molar-refractivity contribution in [2.45, 2.75) is 64.3 Å². The molecule has 2 aliphatic heterocycles. The number of anilines is 1. The first-order valence-electron chi connectivity index (χ1n) is 11.5. The van der Waals surface area contributed by atoms with E-state index in [1.54, 1.807) is 4.90 Å². The molecule has 0 bridgehead atoms. The molecule has 4 rings (SSSR count). The van der Waals surface area contributed by atoms with E-state index in [9.17, 15) is 14.4 Å². The van der Waals surface area contributed by atoms with E-state index in [-0.39, 0.29) is 36.0 Å². The summed E-state index contributed by atoms with van der Waals surface area (Å²) in [7, 11) is 0. The van der Waals surface area contributed by atoms with Gasteiger partial charge in [-0.15, -0.1) is 0 Å². The molecule has 1 saturated carbocycles. The summed E-state index contributed by atoms with van der Waals surface area (Å²) in [6.07, 6.45) is 7.58. The van der Waals surface area contributed by atoms with Crippen molar-refractivity contribution in [2.24, 2.45) is 11.8 Å². The molecule has 6 nitrogen and oxygen atoms in total. The molecule has 2 heterocycles. The number of piperidine rings is 1. The Morgan fingerprint density at radius 1 is 0.933 bits per heavy atom. The van der Waals surface area contributed by atoms with E-state index in [1.807, 2.05) is 36.1 Å². The predicted octanol–water partition coefficient (Wildman–Crippen LogP) is 3.04. The third kappa shape index (κ3) is 4.68. The summed E-state index contributed by atoms with van der Waals surface area (Å²) in [5.41, 5.74) is 2.01. The van der Waals surface area contributed by atoms with Gasteiger partial charge in [0.1, 0.15) is 0 Å². The molecule has 0 aromatic heterocycles. The molecule has 1 atom stereocenters. The van der Waals surface area contributed by atoms with E-state index in [0.29, 0.717) is 38.5 Å². The number of aryl methyl sites for hydroxylation is 1. The van der Waals surface area contributed by atoms with Crippen molar-refractivity contribution in [3.63, 3.8) is 0 Å². The fourth-order valence-corrected chi connectivity index (χ4v) is 5.03. The highest BCUT2D eigenvalue weighted by atomic mass is 16.2. The van der Waals surface area contributed by atoms with Crippen LogP contribution in [0.1, 0.15) is 56.9 Å². The van der Waals surface area contributed by atoms with Crippen LogP contribution in [-0.4, -0.2) is 48.3 Å². The smallest absolute Gasteiger partial charge is 0.228 e. The molecular formula is C24H33N3O3. The first-order valence-corrected chi connectivity index (χ1v) is 11.5. The summed E-state index contributed by atoms with van der Waals surface area (Å²) in [6, 6.07) is 8.19. The highest BCUT2D eigenvalue weighted by molar-refractivity contribution is 6.00. The molecule has 2 saturated heterocycles. The number of amides is 3. The van der Waals surface area contributed by atoms with Crippen molar-refractivity contribution < 1.29 is 14.4 Å². The molecule has 0 unspecified atom stereocenters. The van der Waals surface area contributed by atoms with Crippen LogP contribution in [0.5, 0.6) is 0 Å². The van der Waals surface area contributed by atoms with Gasteiger partial charge in [-0.2, -0.15) is 0 Å². The van der Waals surface area contributed by atoms with E-state index in [1.165, 1.54) is 19.3 Å². The van der Waals surface area contributed by atoms with Crippen LogP contribution in [0.3, 0.4) is 0 Å². The number of hydrogen-bond acceptors (Lipinski definition) is 3. The molecule has 3 amide bonds. The predicted molar refractivity (Wildman–Crippen MR) is 116 cm³/mol. The van der Waals surface area contributed by atoms with Crippen LogP contribution < -0.4 is 10.2 Å². The minimum atomic E-state index is -0.286. The summed E-state index contributed by atoms with van der Waals surface area (Å²) in [5, 5.41) is 3.23. The number of nitrogens with one attached hydrogen (secondary N) is 1. The normalized spacial score (nSPS) is 23.6. The molecule has 162 valence electrons. The lowest BCUT2D eigenvalue weighted by molar-refractivity contribution is -0.139. The molecule has 6 heteroatoms. The van der Waals surface area contributed by atoms with E-state index >= 15 is 0 Å². The fraction of sp³-hybridized carbons (Fsp3) is 0.625. The van der Waals surface area contributed by atoms with Crippen molar-refractivity contribution >= 4 is 23.4 Å². The first kappa shape index (κ1) is 20.9. The van der Waals surface area contributed by atoms with Gasteiger partial charge in [-0.05, 0) is 44.7 Å². The fourth-order valence-electron chi connectivity index (χ4n) is 5.03. The van der Waals surface area contributed by atoms with Gasteiger partial charge in [-0.3, -0.25) is 14.4 Å². The average Bonchev–Trinajstić information content (AvgIpc) is 3.16. The maximum Gasteiger partial charge on any atom is 0.228 e. The standard InChI is InChI=1S/C24H33N3O3/c1-17-7-9-21(10-8-17)27-16-19(15-22(27)28)24(30)26-13-11-18(12-14-26)23(29)25-20-5-3-2-4-6-20/h7-10,18-20H,2-6,11-16H2,1H3,(H,25,29)/t19-/m0/s1. The Labute approximate surface area is 179 Å². The van der Waals surface area contributed by atoms with Crippen LogP contribution in [0.25, 0.3) is 0 Å². The Morgan fingerprint density at radius 2 is 1.60 bits per heavy atom. The number of benzene rings is 1. The summed E-state index contributed by atoms with van der Waals surface area (Å²) in [6.45, 7) is 3.68. The maximum atomic E-state index is 13.0. The summed E-state index contributed by atoms with van der Waals surface area (Å²) >= 11 is 0. The third-order valence-corrected chi connectivity index (χ3v) is 6.95. The number of hydrogen-bond donors (Lipinski definition) is 1. The van der Waals surface area contributed by atoms with Crippen LogP contribution in [0.2, 0.25) is 0 Å². The maximum absolute atomic E-state index is 13.0. The molecule has 3 fully saturated rings. The quantitative estimate of drug-likeness (QED) is 0.828. The van der Waals surface area contributed by atoms with Gasteiger partial charge in [-0.1, -0.05) is 37.0 Å². The summed E-state index contributed by atoms with van der Waals surface area (Å²) in [4.78, 5) is 41.7. The molecule has 3 aliphatic rings. The van der Waals surface area contributed by atoms with Crippen molar-refractivity contribution in [1.82, 2.24) is 10.2 Å². The van der Waals surface area contributed by atoms with Gasteiger partial charge in [0.15, 0.2) is 0 Å². The third-order valence-electron chi connectivity index (χ3n) is 6.95. The van der Waals surface area contributed by atoms with Crippen LogP contribution >= 0.6 is 0 Å². The van der Waals surface area contributed by atoms with Crippen molar-refractivity contribution in [3.05, 3.63) is 29.8 Å². The van der Waals surface area contributed by atoms with E-state index < -0.39 is 0 Å². The number of carbonyl (C=O) groups excluding carboxylic acids is 3. The topological polar surface area (TPSA) is 69.7 Å². The van der Waals surface area contributed by atoms with Crippen molar-refractivity contribution in [2.75, 3.05) is 24.5 Å². The second-order valence-corrected chi connectivity index (χ2v) is 9.18. The van der Waals surface area contributed by atoms with E-state index in [0.717, 1.165) is 24.1 Å². The monoisotopic (exact) mass is 411 g/mol. The lowest BCUT2D eigenvalue weighted by atomic mass is 9.92. The minimum Gasteiger partial charge on any atom is -0.353 e. The van der Waals surface area contributed by atoms with Crippen LogP contribution in [0.4, 0.5) is 5.69 Å². The van der Waals surface area contributed by atoms with Crippen molar-refractivity contribution in [1.29, 1.82) is 0 Å². The molecule has 0 radical (unpaired) electrons. The lowest BCUT2D eigenvalue weighted by Gasteiger charge is -2.34. The Bertz CT molecular complexity index is 777. The number of carbonyl (C=O) groups is 3. The number of rotatable bonds is 4. The SMILES string of the molecule is Cc1ccc(N2C[C@@H](C(=O)N3CCC(C(=O)NC4CCCCC4)CC3)CC2=O)cc1. The summed E-state index contributed by atoms with van der Waals surface area (Å²) < 4.78 is 0. The van der Waals surface area contributed by atoms with Gasteiger partial charge in [0.2, 0.25) is 17.7 Å². The van der Waals surface area contributed by atoms with Gasteiger partial charge in [-0.25, -0.2) is 0 Å². The Kier molecular flexibility index (Phi) is 6.40. The first-order chi connectivity index (χ1) is 14.5. The highest BCUT2D eigenvalue weighted by Gasteiger charge is 2.38. The molecule has 1 aromatic carbocycles. The molecule has 1 N–H and O–H groups in total.